The summed E-state index contributed by atoms with van der Waals surface area (Å²) in [4.78, 5) is 4.68. The molecule has 0 aromatic heterocycles. The van der Waals surface area contributed by atoms with Crippen LogP contribution in [0.25, 0.3) is 0 Å². The van der Waals surface area contributed by atoms with E-state index >= 15 is 0 Å². The van der Waals surface area contributed by atoms with Crippen molar-refractivity contribution in [1.29, 1.82) is 0 Å². The summed E-state index contributed by atoms with van der Waals surface area (Å²) < 4.78 is 19.3. The van der Waals surface area contributed by atoms with E-state index < -0.39 is 0 Å². The molecule has 0 saturated heterocycles. The third kappa shape index (κ3) is 5.91. The number of halogens is 2. The molecule has 0 bridgehead atoms. The van der Waals surface area contributed by atoms with Crippen molar-refractivity contribution in [2.24, 2.45) is 4.99 Å². The third-order valence-electron chi connectivity index (χ3n) is 4.99. The van der Waals surface area contributed by atoms with Crippen LogP contribution < -0.4 is 10.6 Å². The normalized spacial score (nSPS) is 14.9. The molecule has 3 rings (SSSR count). The van der Waals surface area contributed by atoms with Crippen LogP contribution >= 0.6 is 24.0 Å². The van der Waals surface area contributed by atoms with Gasteiger partial charge in [0.15, 0.2) is 5.96 Å². The van der Waals surface area contributed by atoms with Crippen LogP contribution in [0.5, 0.6) is 0 Å². The first-order chi connectivity index (χ1) is 13.2. The van der Waals surface area contributed by atoms with Crippen molar-refractivity contribution >= 4 is 29.9 Å². The minimum atomic E-state index is -0.116. The Bertz CT molecular complexity index is 776. The molecule has 0 heterocycles. The van der Waals surface area contributed by atoms with E-state index in [0.717, 1.165) is 42.0 Å². The van der Waals surface area contributed by atoms with E-state index in [1.165, 1.54) is 0 Å². The summed E-state index contributed by atoms with van der Waals surface area (Å²) in [6, 6.07) is 15.4. The highest BCUT2D eigenvalue weighted by Gasteiger charge is 2.45. The van der Waals surface area contributed by atoms with Gasteiger partial charge in [-0.1, -0.05) is 42.5 Å². The maximum Gasteiger partial charge on any atom is 0.191 e. The molecule has 0 radical (unpaired) electrons. The molecule has 2 aromatic carbocycles. The minimum absolute atomic E-state index is 0. The van der Waals surface area contributed by atoms with Crippen molar-refractivity contribution in [2.45, 2.75) is 38.3 Å². The summed E-state index contributed by atoms with van der Waals surface area (Å²) in [5.41, 5.74) is 2.99. The summed E-state index contributed by atoms with van der Waals surface area (Å²) in [5, 5.41) is 6.68. The van der Waals surface area contributed by atoms with Crippen molar-refractivity contribution in [2.75, 3.05) is 20.2 Å². The summed E-state index contributed by atoms with van der Waals surface area (Å²) in [6.45, 7) is 4.72. The Morgan fingerprint density at radius 2 is 1.75 bits per heavy atom. The highest BCUT2D eigenvalue weighted by Crippen LogP contribution is 2.48. The van der Waals surface area contributed by atoms with Crippen molar-refractivity contribution in [3.8, 4) is 0 Å². The van der Waals surface area contributed by atoms with Crippen LogP contribution in [-0.2, 0) is 23.3 Å². The van der Waals surface area contributed by atoms with Gasteiger partial charge in [0.2, 0.25) is 0 Å². The molecule has 1 aliphatic carbocycles. The van der Waals surface area contributed by atoms with E-state index in [9.17, 15) is 4.39 Å². The second kappa shape index (κ2) is 10.8. The lowest BCUT2D eigenvalue weighted by Gasteiger charge is -2.19. The van der Waals surface area contributed by atoms with Gasteiger partial charge < -0.3 is 15.4 Å². The first kappa shape index (κ1) is 22.6. The molecular weight excluding hydrogens is 468 g/mol. The molecule has 152 valence electrons. The Kier molecular flexibility index (Phi) is 8.69. The van der Waals surface area contributed by atoms with Gasteiger partial charge in [-0.2, -0.15) is 0 Å². The van der Waals surface area contributed by atoms with E-state index in [1.54, 1.807) is 19.2 Å². The molecule has 6 heteroatoms. The molecule has 28 heavy (non-hydrogen) atoms. The zero-order chi connectivity index (χ0) is 19.1. The van der Waals surface area contributed by atoms with Crippen LogP contribution in [0.1, 0.15) is 36.5 Å². The quantitative estimate of drug-likeness (QED) is 0.324. The minimum Gasteiger partial charge on any atom is -0.380 e. The van der Waals surface area contributed by atoms with Crippen molar-refractivity contribution < 1.29 is 9.13 Å². The number of rotatable bonds is 8. The van der Waals surface area contributed by atoms with Gasteiger partial charge in [0.25, 0.3) is 0 Å². The molecular formula is C22H29FIN3O. The van der Waals surface area contributed by atoms with Crippen LogP contribution in [-0.4, -0.2) is 26.2 Å². The van der Waals surface area contributed by atoms with Crippen molar-refractivity contribution in [3.63, 3.8) is 0 Å². The van der Waals surface area contributed by atoms with Crippen LogP contribution in [0.15, 0.2) is 53.5 Å². The lowest BCUT2D eigenvalue weighted by atomic mass is 9.95. The number of ether oxygens (including phenoxy) is 1. The first-order valence-corrected chi connectivity index (χ1v) is 9.51. The fourth-order valence-corrected chi connectivity index (χ4v) is 3.26. The molecule has 4 nitrogen and oxygen atoms in total. The zero-order valence-corrected chi connectivity index (χ0v) is 18.8. The number of hydrogen-bond acceptors (Lipinski definition) is 2. The Hall–Kier alpha value is -1.67. The largest absolute Gasteiger partial charge is 0.380 e. The number of nitrogens with zero attached hydrogens (tertiary/aromatic N) is 1. The summed E-state index contributed by atoms with van der Waals surface area (Å²) in [5.74, 6) is 0.649. The smallest absolute Gasteiger partial charge is 0.191 e. The molecule has 0 aliphatic heterocycles. The van der Waals surface area contributed by atoms with Gasteiger partial charge in [0.05, 0.1) is 13.2 Å². The van der Waals surface area contributed by atoms with Crippen LogP contribution in [0.2, 0.25) is 0 Å². The number of nitrogens with one attached hydrogen (secondary N) is 2. The Labute approximate surface area is 184 Å². The fraction of sp³-hybridized carbons (Fsp3) is 0.409. The van der Waals surface area contributed by atoms with Gasteiger partial charge in [-0.05, 0) is 42.5 Å². The molecule has 0 unspecified atom stereocenters. The average Bonchev–Trinajstić information content (AvgIpc) is 3.47. The lowest BCUT2D eigenvalue weighted by molar-refractivity contribution is 0.185. The molecule has 2 aromatic rings. The van der Waals surface area contributed by atoms with E-state index in [4.69, 9.17) is 4.74 Å². The second-order valence-electron chi connectivity index (χ2n) is 7.06. The summed E-state index contributed by atoms with van der Waals surface area (Å²) in [6.07, 6.45) is 2.00. The summed E-state index contributed by atoms with van der Waals surface area (Å²) in [7, 11) is 1.69. The van der Waals surface area contributed by atoms with E-state index in [2.05, 4.69) is 39.9 Å². The van der Waals surface area contributed by atoms with Gasteiger partial charge in [-0.25, -0.2) is 9.38 Å². The highest BCUT2D eigenvalue weighted by atomic mass is 127. The number of methoxy groups -OCH3 is 1. The molecule has 1 aliphatic rings. The topological polar surface area (TPSA) is 45.7 Å². The van der Waals surface area contributed by atoms with Crippen LogP contribution in [0, 0.1) is 5.82 Å². The van der Waals surface area contributed by atoms with Gasteiger partial charge >= 0.3 is 0 Å². The number of hydrogen-bond donors (Lipinski definition) is 2. The van der Waals surface area contributed by atoms with Gasteiger partial charge in [-0.3, -0.25) is 0 Å². The molecule has 2 N–H and O–H groups in total. The average molecular weight is 497 g/mol. The molecule has 0 amide bonds. The zero-order valence-electron chi connectivity index (χ0n) is 16.5. The van der Waals surface area contributed by atoms with E-state index in [-0.39, 0.29) is 35.2 Å². The molecule has 0 spiro atoms. The van der Waals surface area contributed by atoms with Gasteiger partial charge in [0.1, 0.15) is 5.82 Å². The fourth-order valence-electron chi connectivity index (χ4n) is 3.26. The van der Waals surface area contributed by atoms with Crippen molar-refractivity contribution in [1.82, 2.24) is 10.6 Å². The lowest BCUT2D eigenvalue weighted by Crippen LogP contribution is -2.41. The van der Waals surface area contributed by atoms with E-state index in [1.807, 2.05) is 19.1 Å². The Morgan fingerprint density at radius 1 is 1.07 bits per heavy atom. The van der Waals surface area contributed by atoms with E-state index in [0.29, 0.717) is 19.7 Å². The Balaban J connectivity index is 0.00000280. The standard InChI is InChI=1S/C22H28FN3O.HI/c1-3-24-21(25-14-17-8-10-18(11-9-17)15-27-2)26-16-22(12-13-22)19-6-4-5-7-20(19)23;/h4-11H,3,12-16H2,1-2H3,(H2,24,25,26);1H. The van der Waals surface area contributed by atoms with Gasteiger partial charge in [0, 0.05) is 25.6 Å². The number of aliphatic imine (C=N–C) groups is 1. The SMILES string of the molecule is CCNC(=NCc1ccc(COC)cc1)NCC1(c2ccccc2F)CC1.I. The van der Waals surface area contributed by atoms with Crippen molar-refractivity contribution in [3.05, 3.63) is 71.0 Å². The third-order valence-corrected chi connectivity index (χ3v) is 4.99. The predicted octanol–water partition coefficient (Wildman–Crippen LogP) is 4.38. The summed E-state index contributed by atoms with van der Waals surface area (Å²) >= 11 is 0. The van der Waals surface area contributed by atoms with Crippen LogP contribution in [0.3, 0.4) is 0 Å². The monoisotopic (exact) mass is 497 g/mol. The maximum absolute atomic E-state index is 14.2. The van der Waals surface area contributed by atoms with Crippen LogP contribution in [0.4, 0.5) is 4.39 Å². The second-order valence-corrected chi connectivity index (χ2v) is 7.06. The highest BCUT2D eigenvalue weighted by molar-refractivity contribution is 14.0. The first-order valence-electron chi connectivity index (χ1n) is 9.51. The number of benzene rings is 2. The molecule has 1 saturated carbocycles. The van der Waals surface area contributed by atoms with Gasteiger partial charge in [-0.15, -0.1) is 24.0 Å². The molecule has 1 fully saturated rings. The Morgan fingerprint density at radius 3 is 2.36 bits per heavy atom. The number of guanidine groups is 1. The maximum atomic E-state index is 14.2. The predicted molar refractivity (Wildman–Crippen MR) is 123 cm³/mol. The molecule has 0 atom stereocenters.